The third kappa shape index (κ3) is 6.09. The lowest BCUT2D eigenvalue weighted by Crippen LogP contribution is -2.39. The van der Waals surface area contributed by atoms with Gasteiger partial charge in [0.05, 0.1) is 49.3 Å². The van der Waals surface area contributed by atoms with Crippen LogP contribution < -0.4 is 29.1 Å². The molecule has 0 spiro atoms. The molecule has 0 aliphatic carbocycles. The highest BCUT2D eigenvalue weighted by atomic mass is 32.1. The quantitative estimate of drug-likeness (QED) is 0.260. The maximum atomic E-state index is 13.8. The fourth-order valence-corrected chi connectivity index (χ4v) is 5.52. The predicted molar refractivity (Wildman–Crippen MR) is 151 cm³/mol. The number of ether oxygens (including phenoxy) is 4. The largest absolute Gasteiger partial charge is 0.497 e. The molecule has 1 atom stereocenters. The Morgan fingerprint density at radius 1 is 1.05 bits per heavy atom. The van der Waals surface area contributed by atoms with Gasteiger partial charge in [-0.3, -0.25) is 9.36 Å². The van der Waals surface area contributed by atoms with Crippen molar-refractivity contribution in [2.75, 3.05) is 27.4 Å². The van der Waals surface area contributed by atoms with Crippen LogP contribution in [0.3, 0.4) is 0 Å². The fraction of sp³-hybridized carbons (Fsp3) is 0.367. The zero-order valence-electron chi connectivity index (χ0n) is 23.0. The fourth-order valence-electron chi connectivity index (χ4n) is 4.47. The highest BCUT2D eigenvalue weighted by Gasteiger charge is 2.33. The van der Waals surface area contributed by atoms with Crippen LogP contribution in [0.1, 0.15) is 57.2 Å². The minimum atomic E-state index is -0.679. The van der Waals surface area contributed by atoms with Gasteiger partial charge < -0.3 is 18.9 Å². The first kappa shape index (κ1) is 28.2. The number of carbonyl (C=O) groups is 1. The van der Waals surface area contributed by atoms with E-state index in [4.69, 9.17) is 18.9 Å². The van der Waals surface area contributed by atoms with Gasteiger partial charge in [-0.1, -0.05) is 49.3 Å². The molecule has 0 saturated carbocycles. The van der Waals surface area contributed by atoms with Crippen molar-refractivity contribution in [2.45, 2.75) is 46.1 Å². The molecule has 0 bridgehead atoms. The third-order valence-corrected chi connectivity index (χ3v) is 7.42. The number of unbranched alkanes of at least 4 members (excludes halogenated alkanes) is 2. The predicted octanol–water partition coefficient (Wildman–Crippen LogP) is 4.38. The molecule has 0 amide bonds. The molecule has 206 valence electrons. The van der Waals surface area contributed by atoms with E-state index >= 15 is 0 Å². The minimum absolute atomic E-state index is 0.218. The molecule has 0 saturated heterocycles. The van der Waals surface area contributed by atoms with E-state index in [2.05, 4.69) is 11.9 Å². The number of esters is 1. The van der Waals surface area contributed by atoms with Crippen molar-refractivity contribution < 1.29 is 23.7 Å². The van der Waals surface area contributed by atoms with E-state index in [-0.39, 0.29) is 12.2 Å². The molecule has 0 radical (unpaired) electrons. The van der Waals surface area contributed by atoms with Gasteiger partial charge in [-0.25, -0.2) is 9.79 Å². The molecule has 3 aromatic rings. The first-order valence-corrected chi connectivity index (χ1v) is 13.9. The van der Waals surface area contributed by atoms with Crippen LogP contribution in [0, 0.1) is 0 Å². The van der Waals surface area contributed by atoms with Crippen LogP contribution in [0.2, 0.25) is 0 Å². The van der Waals surface area contributed by atoms with Crippen LogP contribution in [0.15, 0.2) is 63.5 Å². The van der Waals surface area contributed by atoms with Gasteiger partial charge in [-0.15, -0.1) is 0 Å². The topological polar surface area (TPSA) is 88.4 Å². The summed E-state index contributed by atoms with van der Waals surface area (Å²) in [7, 11) is 3.19. The molecule has 1 aromatic heterocycles. The van der Waals surface area contributed by atoms with Crippen molar-refractivity contribution in [1.82, 2.24) is 4.57 Å². The summed E-state index contributed by atoms with van der Waals surface area (Å²) in [6, 6.07) is 12.2. The molecule has 9 heteroatoms. The summed E-state index contributed by atoms with van der Waals surface area (Å²) in [4.78, 5) is 32.0. The Balaban J connectivity index is 1.79. The van der Waals surface area contributed by atoms with Crippen molar-refractivity contribution in [3.63, 3.8) is 0 Å². The van der Waals surface area contributed by atoms with Crippen LogP contribution in [0.4, 0.5) is 0 Å². The first-order valence-electron chi connectivity index (χ1n) is 13.1. The molecule has 8 nitrogen and oxygen atoms in total. The second kappa shape index (κ2) is 12.8. The van der Waals surface area contributed by atoms with E-state index in [1.165, 1.54) is 11.3 Å². The van der Waals surface area contributed by atoms with Gasteiger partial charge in [0.1, 0.15) is 5.75 Å². The Morgan fingerprint density at radius 2 is 1.82 bits per heavy atom. The Labute approximate surface area is 231 Å². The molecule has 1 unspecified atom stereocenters. The number of nitrogens with zero attached hydrogens (tertiary/aromatic N) is 2. The Hall–Kier alpha value is -3.85. The summed E-state index contributed by atoms with van der Waals surface area (Å²) in [5, 5.41) is 0. The Bertz CT molecular complexity index is 1530. The van der Waals surface area contributed by atoms with Crippen LogP contribution in [-0.2, 0) is 9.53 Å². The first-order chi connectivity index (χ1) is 18.9. The zero-order valence-corrected chi connectivity index (χ0v) is 23.8. The molecule has 2 aromatic carbocycles. The van der Waals surface area contributed by atoms with Crippen LogP contribution >= 0.6 is 11.3 Å². The molecule has 0 fully saturated rings. The van der Waals surface area contributed by atoms with Gasteiger partial charge in [-0.2, -0.15) is 0 Å². The number of benzene rings is 2. The van der Waals surface area contributed by atoms with Gasteiger partial charge in [0.15, 0.2) is 16.3 Å². The second-order valence-corrected chi connectivity index (χ2v) is 10.1. The van der Waals surface area contributed by atoms with Gasteiger partial charge in [0, 0.05) is 0 Å². The summed E-state index contributed by atoms with van der Waals surface area (Å²) >= 11 is 1.28. The lowest BCUT2D eigenvalue weighted by atomic mass is 9.96. The van der Waals surface area contributed by atoms with Crippen molar-refractivity contribution in [1.29, 1.82) is 0 Å². The van der Waals surface area contributed by atoms with E-state index < -0.39 is 12.0 Å². The molecule has 1 aliphatic heterocycles. The number of thiazole rings is 1. The van der Waals surface area contributed by atoms with Gasteiger partial charge in [-0.05, 0) is 61.7 Å². The number of hydrogen-bond acceptors (Lipinski definition) is 8. The van der Waals surface area contributed by atoms with Crippen LogP contribution in [-0.4, -0.2) is 38.0 Å². The average molecular weight is 551 g/mol. The highest BCUT2D eigenvalue weighted by Crippen LogP contribution is 2.32. The van der Waals surface area contributed by atoms with Gasteiger partial charge in [0.25, 0.3) is 5.56 Å². The van der Waals surface area contributed by atoms with Crippen LogP contribution in [0.25, 0.3) is 6.08 Å². The molecule has 0 N–H and O–H groups in total. The maximum absolute atomic E-state index is 13.8. The number of hydrogen-bond donors (Lipinski definition) is 0. The lowest BCUT2D eigenvalue weighted by molar-refractivity contribution is -0.139. The number of aromatic nitrogens is 1. The Kier molecular flexibility index (Phi) is 9.24. The summed E-state index contributed by atoms with van der Waals surface area (Å²) in [6.07, 6.45) is 5.01. The zero-order chi connectivity index (χ0) is 27.9. The number of methoxy groups -OCH3 is 2. The van der Waals surface area contributed by atoms with Crippen molar-refractivity contribution in [3.8, 4) is 17.2 Å². The summed E-state index contributed by atoms with van der Waals surface area (Å²) in [6.45, 7) is 6.51. The molecule has 1 aliphatic rings. The van der Waals surface area contributed by atoms with Gasteiger partial charge in [0.2, 0.25) is 0 Å². The van der Waals surface area contributed by atoms with E-state index in [1.54, 1.807) is 32.6 Å². The SMILES string of the molecule is CCCCCOc1ccc(/C=c2\sc3n(c2=O)C(c2ccc(OC)cc2)C(C(=O)OCC)=C(C)N=3)cc1OC. The molecular formula is C30H34N2O6S. The monoisotopic (exact) mass is 550 g/mol. The maximum Gasteiger partial charge on any atom is 0.338 e. The van der Waals surface area contributed by atoms with Crippen molar-refractivity contribution in [3.05, 3.63) is 84.5 Å². The van der Waals surface area contributed by atoms with E-state index in [9.17, 15) is 9.59 Å². The number of rotatable bonds is 11. The van der Waals surface area contributed by atoms with Gasteiger partial charge >= 0.3 is 5.97 Å². The van der Waals surface area contributed by atoms with Crippen LogP contribution in [0.5, 0.6) is 17.2 Å². The van der Waals surface area contributed by atoms with E-state index in [1.807, 2.05) is 48.5 Å². The number of fused-ring (bicyclic) bond motifs is 1. The molecule has 2 heterocycles. The van der Waals surface area contributed by atoms with Crippen molar-refractivity contribution in [2.24, 2.45) is 4.99 Å². The molecular weight excluding hydrogens is 516 g/mol. The average Bonchev–Trinajstić information content (AvgIpc) is 3.24. The number of carbonyl (C=O) groups excluding carboxylic acids is 1. The molecule has 39 heavy (non-hydrogen) atoms. The Morgan fingerprint density at radius 3 is 2.49 bits per heavy atom. The number of allylic oxidation sites excluding steroid dienone is 1. The minimum Gasteiger partial charge on any atom is -0.497 e. The third-order valence-electron chi connectivity index (χ3n) is 6.44. The summed E-state index contributed by atoms with van der Waals surface area (Å²) in [5.41, 5.74) is 2.17. The lowest BCUT2D eigenvalue weighted by Gasteiger charge is -2.24. The standard InChI is InChI=1S/C30H34N2O6S/c1-6-8-9-16-38-23-15-10-20(17-24(23)36-5)18-25-28(33)32-27(21-11-13-22(35-4)14-12-21)26(29(34)37-7-2)19(3)31-30(32)39-25/h10-15,17-18,27H,6-9,16H2,1-5H3/b25-18-. The highest BCUT2D eigenvalue weighted by molar-refractivity contribution is 7.07. The van der Waals surface area contributed by atoms with E-state index in [0.717, 1.165) is 30.4 Å². The second-order valence-electron chi connectivity index (χ2n) is 9.04. The van der Waals surface area contributed by atoms with E-state index in [0.29, 0.717) is 44.5 Å². The normalized spacial score (nSPS) is 15.0. The molecule has 4 rings (SSSR count). The smallest absolute Gasteiger partial charge is 0.338 e. The summed E-state index contributed by atoms with van der Waals surface area (Å²) in [5.74, 6) is 1.45. The summed E-state index contributed by atoms with van der Waals surface area (Å²) < 4.78 is 24.2. The van der Waals surface area contributed by atoms with Crippen molar-refractivity contribution >= 4 is 23.4 Å².